The molecule has 3 heterocycles. The van der Waals surface area contributed by atoms with Crippen LogP contribution in [0, 0.1) is 0 Å². The van der Waals surface area contributed by atoms with Crippen LogP contribution in [0.1, 0.15) is 63.0 Å². The van der Waals surface area contributed by atoms with E-state index in [1.165, 1.54) is 5.56 Å². The van der Waals surface area contributed by atoms with E-state index in [1.54, 1.807) is 6.07 Å². The lowest BCUT2D eigenvalue weighted by Gasteiger charge is -2.32. The largest absolute Gasteiger partial charge is 0.331 e. The average molecular weight is 597 g/mol. The number of carbonyl (C=O) groups is 2. The zero-order valence-electron chi connectivity index (χ0n) is 23.6. The van der Waals surface area contributed by atoms with Gasteiger partial charge < -0.3 is 10.6 Å². The average Bonchev–Trinajstić information content (AvgIpc) is 3.54. The van der Waals surface area contributed by atoms with E-state index >= 15 is 0 Å². The molecule has 2 N–H and O–H groups in total. The van der Waals surface area contributed by atoms with Gasteiger partial charge >= 0.3 is 0 Å². The topological polar surface area (TPSA) is 91.4 Å². The molecule has 0 aliphatic carbocycles. The Balaban J connectivity index is 1.33. The third-order valence-corrected chi connectivity index (χ3v) is 9.38. The highest BCUT2D eigenvalue weighted by molar-refractivity contribution is 6.42. The van der Waals surface area contributed by atoms with E-state index in [-0.39, 0.29) is 29.8 Å². The first-order valence-corrected chi connectivity index (χ1v) is 15.5. The summed E-state index contributed by atoms with van der Waals surface area (Å²) < 4.78 is 0. The first-order valence-electron chi connectivity index (χ1n) is 14.7. The van der Waals surface area contributed by atoms with Crippen LogP contribution in [0.25, 0.3) is 0 Å². The quantitative estimate of drug-likeness (QED) is 0.371. The third-order valence-electron chi connectivity index (χ3n) is 8.64. The Morgan fingerprint density at radius 3 is 2.59 bits per heavy atom. The number of ketones is 1. The highest BCUT2D eigenvalue weighted by Gasteiger charge is 2.45. The minimum Gasteiger partial charge on any atom is -0.331 e. The van der Waals surface area contributed by atoms with E-state index in [0.717, 1.165) is 42.7 Å². The number of rotatable bonds is 11. The van der Waals surface area contributed by atoms with Crippen LogP contribution in [0.3, 0.4) is 0 Å². The highest BCUT2D eigenvalue weighted by Crippen LogP contribution is 2.31. The predicted octanol–water partition coefficient (Wildman–Crippen LogP) is 5.50. The summed E-state index contributed by atoms with van der Waals surface area (Å²) >= 11 is 12.3. The Bertz CT molecular complexity index is 1310. The van der Waals surface area contributed by atoms with Crippen molar-refractivity contribution in [1.29, 1.82) is 0 Å². The molecule has 3 aliphatic rings. The number of halogens is 2. The Morgan fingerprint density at radius 1 is 1.05 bits per heavy atom. The molecule has 1 unspecified atom stereocenters. The van der Waals surface area contributed by atoms with E-state index in [2.05, 4.69) is 39.4 Å². The molecular weight excluding hydrogens is 557 g/mol. The van der Waals surface area contributed by atoms with Crippen LogP contribution in [0.2, 0.25) is 10.0 Å². The smallest absolute Gasteiger partial charge is 0.240 e. The van der Waals surface area contributed by atoms with E-state index in [4.69, 9.17) is 28.9 Å². The summed E-state index contributed by atoms with van der Waals surface area (Å²) in [6.07, 6.45) is 6.12. The number of nitrogens with two attached hydrogens (primary N) is 1. The van der Waals surface area contributed by atoms with Crippen LogP contribution in [-0.4, -0.2) is 70.2 Å². The van der Waals surface area contributed by atoms with Crippen molar-refractivity contribution in [1.82, 2.24) is 9.80 Å². The molecule has 2 aromatic carbocycles. The van der Waals surface area contributed by atoms with E-state index in [0.29, 0.717) is 55.2 Å². The summed E-state index contributed by atoms with van der Waals surface area (Å²) in [6.45, 7) is 3.24. The van der Waals surface area contributed by atoms with Crippen molar-refractivity contribution < 1.29 is 9.59 Å². The van der Waals surface area contributed by atoms with Crippen molar-refractivity contribution in [3.8, 4) is 0 Å². The van der Waals surface area contributed by atoms with Gasteiger partial charge in [-0.2, -0.15) is 10.2 Å². The number of aryl methyl sites for hydroxylation is 2. The molecule has 0 radical (unpaired) electrons. The summed E-state index contributed by atoms with van der Waals surface area (Å²) in [4.78, 5) is 32.2. The number of hydrogen-bond donors (Lipinski definition) is 1. The lowest BCUT2D eigenvalue weighted by atomic mass is 9.95. The van der Waals surface area contributed by atoms with Crippen molar-refractivity contribution in [2.75, 3.05) is 13.1 Å². The molecule has 0 saturated carbocycles. The van der Waals surface area contributed by atoms with Gasteiger partial charge in [-0.15, -0.1) is 0 Å². The summed E-state index contributed by atoms with van der Waals surface area (Å²) in [5.41, 5.74) is 10.6. The van der Waals surface area contributed by atoms with Gasteiger partial charge in [-0.1, -0.05) is 59.6 Å². The van der Waals surface area contributed by atoms with Gasteiger partial charge in [0.1, 0.15) is 0 Å². The summed E-state index contributed by atoms with van der Waals surface area (Å²) in [7, 11) is 0. The number of nitrogens with zero attached hydrogens (tertiary/aromatic N) is 4. The SMILES string of the molecule is CC1=NN=C(CC[C@H](C(=O)CCc2ccc(Cl)c(Cl)c2)N2CCC(CCc3ccccc3)N3C[C@H](N)C[C@H]3C2=O)C1. The van der Waals surface area contributed by atoms with Crippen molar-refractivity contribution in [2.45, 2.75) is 88.9 Å². The normalized spacial score (nSPS) is 23.7. The van der Waals surface area contributed by atoms with E-state index in [9.17, 15) is 9.59 Å². The molecule has 0 spiro atoms. The maximum Gasteiger partial charge on any atom is 0.240 e. The molecule has 0 aromatic heterocycles. The van der Waals surface area contributed by atoms with Crippen LogP contribution in [0.5, 0.6) is 0 Å². The number of carbonyl (C=O) groups excluding carboxylic acids is 2. The Hall–Kier alpha value is -2.58. The van der Waals surface area contributed by atoms with Gasteiger partial charge in [-0.3, -0.25) is 14.5 Å². The molecule has 4 atom stereocenters. The van der Waals surface area contributed by atoms with Crippen LogP contribution in [-0.2, 0) is 22.4 Å². The molecule has 5 rings (SSSR count). The fourth-order valence-electron chi connectivity index (χ4n) is 6.48. The Labute approximate surface area is 252 Å². The second-order valence-corrected chi connectivity index (χ2v) is 12.5. The number of amides is 1. The van der Waals surface area contributed by atoms with Crippen molar-refractivity contribution >= 4 is 46.3 Å². The third kappa shape index (κ3) is 7.44. The molecule has 41 heavy (non-hydrogen) atoms. The Morgan fingerprint density at radius 2 is 1.85 bits per heavy atom. The van der Waals surface area contributed by atoms with E-state index < -0.39 is 6.04 Å². The highest BCUT2D eigenvalue weighted by atomic mass is 35.5. The van der Waals surface area contributed by atoms with Gasteiger partial charge in [-0.25, -0.2) is 0 Å². The first-order chi connectivity index (χ1) is 19.8. The molecule has 7 nitrogen and oxygen atoms in total. The molecule has 0 bridgehead atoms. The van der Waals surface area contributed by atoms with Crippen LogP contribution < -0.4 is 5.73 Å². The summed E-state index contributed by atoms with van der Waals surface area (Å²) in [6, 6.07) is 15.3. The van der Waals surface area contributed by atoms with E-state index in [1.807, 2.05) is 30.0 Å². The fourth-order valence-corrected chi connectivity index (χ4v) is 6.80. The number of benzene rings is 2. The summed E-state index contributed by atoms with van der Waals surface area (Å²) in [5, 5.41) is 9.45. The zero-order valence-corrected chi connectivity index (χ0v) is 25.2. The van der Waals surface area contributed by atoms with Crippen molar-refractivity contribution in [2.24, 2.45) is 15.9 Å². The van der Waals surface area contributed by atoms with Crippen LogP contribution >= 0.6 is 23.2 Å². The summed E-state index contributed by atoms with van der Waals surface area (Å²) in [5.74, 6) is 0.103. The van der Waals surface area contributed by atoms with Gasteiger partial charge in [0.15, 0.2) is 5.78 Å². The second-order valence-electron chi connectivity index (χ2n) is 11.7. The molecular formula is C32H39Cl2N5O2. The van der Waals surface area contributed by atoms with Crippen LogP contribution in [0.15, 0.2) is 58.7 Å². The standard InChI is InChI=1S/C32H39Cl2N5O2/c1-21-17-25(37-36-21)10-13-29(31(40)14-9-23-8-12-27(33)28(34)18-23)38-16-15-26(11-7-22-5-3-2-4-6-22)39-20-24(35)19-30(39)32(38)41/h2-6,8,12,18,24,26,29-30H,7,9-11,13-17,19-20,35H2,1H3/t24-,26?,29-,30+/m1/s1. The first kappa shape index (κ1) is 29.9. The van der Waals surface area contributed by atoms with Gasteiger partial charge in [0, 0.05) is 49.4 Å². The van der Waals surface area contributed by atoms with Gasteiger partial charge in [-0.05, 0) is 75.1 Å². The monoisotopic (exact) mass is 595 g/mol. The van der Waals surface area contributed by atoms with Gasteiger partial charge in [0.05, 0.1) is 22.1 Å². The zero-order chi connectivity index (χ0) is 28.9. The molecule has 2 saturated heterocycles. The molecule has 2 fully saturated rings. The fraction of sp³-hybridized carbons (Fsp3) is 0.500. The molecule has 1 amide bonds. The lowest BCUT2D eigenvalue weighted by molar-refractivity contribution is -0.142. The van der Waals surface area contributed by atoms with Crippen LogP contribution in [0.4, 0.5) is 0 Å². The van der Waals surface area contributed by atoms with Gasteiger partial charge in [0.25, 0.3) is 0 Å². The lowest BCUT2D eigenvalue weighted by Crippen LogP contribution is -2.50. The van der Waals surface area contributed by atoms with Crippen molar-refractivity contribution in [3.05, 3.63) is 69.7 Å². The molecule has 2 aromatic rings. The number of hydrogen-bond acceptors (Lipinski definition) is 6. The molecule has 218 valence electrons. The molecule has 9 heteroatoms. The minimum atomic E-state index is -0.513. The number of fused-ring (bicyclic) bond motifs is 1. The van der Waals surface area contributed by atoms with Crippen molar-refractivity contribution in [3.63, 3.8) is 0 Å². The minimum absolute atomic E-state index is 0.0360. The predicted molar refractivity (Wildman–Crippen MR) is 166 cm³/mol. The maximum atomic E-state index is 14.1. The molecule has 3 aliphatic heterocycles. The number of Topliss-reactive ketones (excluding diaryl/α,β-unsaturated/α-hetero) is 1. The Kier molecular flexibility index (Phi) is 9.91. The maximum absolute atomic E-state index is 14.1. The van der Waals surface area contributed by atoms with Gasteiger partial charge in [0.2, 0.25) is 5.91 Å². The second kappa shape index (κ2) is 13.6.